The number of halogens is 3. The highest BCUT2D eigenvalue weighted by Crippen LogP contribution is 2.43. The van der Waals surface area contributed by atoms with Crippen LogP contribution in [0.25, 0.3) is 11.3 Å². The van der Waals surface area contributed by atoms with Crippen molar-refractivity contribution in [2.75, 3.05) is 5.73 Å². The molecule has 3 aromatic rings. The molecule has 7 heteroatoms. The third-order valence-electron chi connectivity index (χ3n) is 2.82. The third kappa shape index (κ3) is 3.15. The van der Waals surface area contributed by atoms with E-state index in [1.54, 1.807) is 30.3 Å². The number of ether oxygens (including phenoxy) is 1. The van der Waals surface area contributed by atoms with Gasteiger partial charge in [-0.25, -0.2) is 4.98 Å². The van der Waals surface area contributed by atoms with Gasteiger partial charge >= 0.3 is 0 Å². The second-order valence-electron chi connectivity index (χ2n) is 4.35. The fourth-order valence-corrected chi connectivity index (χ4v) is 3.26. The van der Waals surface area contributed by atoms with E-state index in [1.165, 1.54) is 11.3 Å². The normalized spacial score (nSPS) is 10.7. The minimum absolute atomic E-state index is 0.373. The van der Waals surface area contributed by atoms with Crippen LogP contribution in [0.4, 0.5) is 5.13 Å². The maximum Gasteiger partial charge on any atom is 0.210 e. The molecule has 1 heterocycles. The molecule has 0 aliphatic heterocycles. The lowest BCUT2D eigenvalue weighted by atomic mass is 10.2. The number of para-hydroxylation sites is 1. The van der Waals surface area contributed by atoms with Crippen LogP contribution < -0.4 is 10.5 Å². The number of nitrogens with zero attached hydrogens (tertiary/aromatic N) is 1. The van der Waals surface area contributed by atoms with Gasteiger partial charge in [0.15, 0.2) is 10.9 Å². The second kappa shape index (κ2) is 6.34. The number of nitrogen functional groups attached to an aromatic ring is 1. The summed E-state index contributed by atoms with van der Waals surface area (Å²) in [6, 6.07) is 12.4. The van der Waals surface area contributed by atoms with Crippen LogP contribution in [0.3, 0.4) is 0 Å². The number of anilines is 1. The van der Waals surface area contributed by atoms with Crippen molar-refractivity contribution in [3.05, 3.63) is 57.5 Å². The van der Waals surface area contributed by atoms with Crippen LogP contribution in [0.15, 0.2) is 42.5 Å². The van der Waals surface area contributed by atoms with Crippen LogP contribution in [0.1, 0.15) is 0 Å². The Labute approximate surface area is 146 Å². The second-order valence-corrected chi connectivity index (χ2v) is 6.60. The van der Waals surface area contributed by atoms with Crippen LogP contribution in [-0.2, 0) is 0 Å². The fraction of sp³-hybridized carbons (Fsp3) is 0. The highest BCUT2D eigenvalue weighted by Gasteiger charge is 2.17. The van der Waals surface area contributed by atoms with E-state index >= 15 is 0 Å². The fourth-order valence-electron chi connectivity index (χ4n) is 1.88. The van der Waals surface area contributed by atoms with Crippen molar-refractivity contribution in [2.45, 2.75) is 0 Å². The molecule has 0 saturated heterocycles. The van der Waals surface area contributed by atoms with Gasteiger partial charge in [-0.3, -0.25) is 0 Å². The van der Waals surface area contributed by atoms with Gasteiger partial charge in [0.2, 0.25) is 5.06 Å². The Hall–Kier alpha value is -1.46. The van der Waals surface area contributed by atoms with E-state index in [9.17, 15) is 0 Å². The number of nitrogens with two attached hydrogens (primary N) is 1. The standard InChI is InChI=1S/C15H9Cl3N2OS/c16-9-4-1-3-8(7-9)12-14(22-15(19)20-12)21-13-10(17)5-2-6-11(13)18/h1-7H,(H2,19,20). The Kier molecular flexibility index (Phi) is 4.45. The van der Waals surface area contributed by atoms with Gasteiger partial charge in [-0.1, -0.05) is 64.3 Å². The van der Waals surface area contributed by atoms with Gasteiger partial charge in [0.05, 0.1) is 10.0 Å². The van der Waals surface area contributed by atoms with Gasteiger partial charge in [-0.05, 0) is 24.3 Å². The molecular weight excluding hydrogens is 363 g/mol. The molecule has 0 radical (unpaired) electrons. The Bertz CT molecular complexity index is 815. The van der Waals surface area contributed by atoms with Crippen LogP contribution in [0, 0.1) is 0 Å². The van der Waals surface area contributed by atoms with Crippen molar-refractivity contribution in [1.29, 1.82) is 0 Å². The summed E-state index contributed by atoms with van der Waals surface area (Å²) in [6.07, 6.45) is 0. The number of benzene rings is 2. The number of hydrogen-bond donors (Lipinski definition) is 1. The average molecular weight is 372 g/mol. The molecule has 2 N–H and O–H groups in total. The zero-order valence-electron chi connectivity index (χ0n) is 11.0. The molecule has 0 spiro atoms. The van der Waals surface area contributed by atoms with Gasteiger partial charge in [0.1, 0.15) is 5.69 Å². The highest BCUT2D eigenvalue weighted by atomic mass is 35.5. The molecular formula is C15H9Cl3N2OS. The summed E-state index contributed by atoms with van der Waals surface area (Å²) < 4.78 is 5.86. The predicted octanol–water partition coefficient (Wildman–Crippen LogP) is 6.14. The Morgan fingerprint density at radius 3 is 2.36 bits per heavy atom. The number of thiazole rings is 1. The summed E-state index contributed by atoms with van der Waals surface area (Å²) in [5.74, 6) is 0.373. The summed E-state index contributed by atoms with van der Waals surface area (Å²) >= 11 is 19.5. The number of aromatic nitrogens is 1. The first-order chi connectivity index (χ1) is 10.5. The van der Waals surface area contributed by atoms with Gasteiger partial charge in [-0.2, -0.15) is 0 Å². The zero-order chi connectivity index (χ0) is 15.7. The lowest BCUT2D eigenvalue weighted by Crippen LogP contribution is -1.88. The molecule has 0 bridgehead atoms. The maximum absolute atomic E-state index is 6.13. The van der Waals surface area contributed by atoms with Crippen LogP contribution in [0.2, 0.25) is 15.1 Å². The topological polar surface area (TPSA) is 48.1 Å². The molecule has 0 aliphatic rings. The molecule has 0 atom stereocenters. The quantitative estimate of drug-likeness (QED) is 0.601. The van der Waals surface area contributed by atoms with Crippen LogP contribution in [0.5, 0.6) is 10.8 Å². The number of hydrogen-bond acceptors (Lipinski definition) is 4. The minimum atomic E-state index is 0.373. The number of rotatable bonds is 3. The lowest BCUT2D eigenvalue weighted by Gasteiger charge is -2.09. The van der Waals surface area contributed by atoms with Gasteiger partial charge in [-0.15, -0.1) is 0 Å². The molecule has 2 aromatic carbocycles. The first kappa shape index (κ1) is 15.4. The van der Waals surface area contributed by atoms with Crippen molar-refractivity contribution in [3.8, 4) is 22.1 Å². The third-order valence-corrected chi connectivity index (χ3v) is 4.42. The summed E-state index contributed by atoms with van der Waals surface area (Å²) in [4.78, 5) is 4.30. The van der Waals surface area contributed by atoms with Crippen LogP contribution >= 0.6 is 46.1 Å². The monoisotopic (exact) mass is 370 g/mol. The Balaban J connectivity index is 2.06. The maximum atomic E-state index is 6.13. The van der Waals surface area contributed by atoms with Gasteiger partial charge in [0.25, 0.3) is 0 Å². The van der Waals surface area contributed by atoms with E-state index in [-0.39, 0.29) is 0 Å². The van der Waals surface area contributed by atoms with E-state index in [0.717, 1.165) is 5.56 Å². The van der Waals surface area contributed by atoms with Crippen molar-refractivity contribution >= 4 is 51.3 Å². The Morgan fingerprint density at radius 2 is 1.68 bits per heavy atom. The van der Waals surface area contributed by atoms with Crippen molar-refractivity contribution in [1.82, 2.24) is 4.98 Å². The molecule has 0 amide bonds. The van der Waals surface area contributed by atoms with E-state index in [2.05, 4.69) is 4.98 Å². The summed E-state index contributed by atoms with van der Waals surface area (Å²) in [5.41, 5.74) is 7.22. The van der Waals surface area contributed by atoms with E-state index in [1.807, 2.05) is 12.1 Å². The molecule has 0 unspecified atom stereocenters. The molecule has 0 aliphatic carbocycles. The molecule has 112 valence electrons. The van der Waals surface area contributed by atoms with Gasteiger partial charge < -0.3 is 10.5 Å². The lowest BCUT2D eigenvalue weighted by molar-refractivity contribution is 0.497. The summed E-state index contributed by atoms with van der Waals surface area (Å²) in [6.45, 7) is 0. The SMILES string of the molecule is Nc1nc(-c2cccc(Cl)c2)c(Oc2c(Cl)cccc2Cl)s1. The van der Waals surface area contributed by atoms with Crippen LogP contribution in [-0.4, -0.2) is 4.98 Å². The van der Waals surface area contributed by atoms with Crippen molar-refractivity contribution < 1.29 is 4.74 Å². The predicted molar refractivity (Wildman–Crippen MR) is 93.5 cm³/mol. The van der Waals surface area contributed by atoms with Crippen molar-refractivity contribution in [2.24, 2.45) is 0 Å². The largest absolute Gasteiger partial charge is 0.441 e. The van der Waals surface area contributed by atoms with Crippen molar-refractivity contribution in [3.63, 3.8) is 0 Å². The zero-order valence-corrected chi connectivity index (χ0v) is 14.1. The summed E-state index contributed by atoms with van der Waals surface area (Å²) in [5, 5.41) is 2.32. The van der Waals surface area contributed by atoms with E-state index in [0.29, 0.717) is 36.7 Å². The summed E-state index contributed by atoms with van der Waals surface area (Å²) in [7, 11) is 0. The first-order valence-corrected chi connectivity index (χ1v) is 8.14. The molecule has 3 rings (SSSR count). The molecule has 0 fully saturated rings. The van der Waals surface area contributed by atoms with E-state index < -0.39 is 0 Å². The first-order valence-electron chi connectivity index (χ1n) is 6.18. The molecule has 0 saturated carbocycles. The average Bonchev–Trinajstić information content (AvgIpc) is 2.84. The van der Waals surface area contributed by atoms with E-state index in [4.69, 9.17) is 45.3 Å². The minimum Gasteiger partial charge on any atom is -0.441 e. The van der Waals surface area contributed by atoms with Gasteiger partial charge in [0, 0.05) is 10.6 Å². The molecule has 1 aromatic heterocycles. The molecule has 3 nitrogen and oxygen atoms in total. The molecule has 22 heavy (non-hydrogen) atoms. The Morgan fingerprint density at radius 1 is 1.00 bits per heavy atom. The smallest absolute Gasteiger partial charge is 0.210 e. The highest BCUT2D eigenvalue weighted by molar-refractivity contribution is 7.17.